The van der Waals surface area contributed by atoms with E-state index in [4.69, 9.17) is 0 Å². The van der Waals surface area contributed by atoms with Crippen LogP contribution in [0, 0.1) is 5.92 Å². The van der Waals surface area contributed by atoms with Crippen molar-refractivity contribution in [2.24, 2.45) is 5.92 Å². The summed E-state index contributed by atoms with van der Waals surface area (Å²) in [4.78, 5) is 0. The molecule has 0 aromatic carbocycles. The zero-order chi connectivity index (χ0) is 12.3. The summed E-state index contributed by atoms with van der Waals surface area (Å²) in [5, 5.41) is 3.28. The molecule has 2 atom stereocenters. The van der Waals surface area contributed by atoms with Gasteiger partial charge in [-0.15, -0.1) is 0 Å². The first-order chi connectivity index (χ1) is 7.33. The molecule has 16 heavy (non-hydrogen) atoms. The fraction of sp³-hybridized carbons (Fsp3) is 1.00. The van der Waals surface area contributed by atoms with Crippen LogP contribution in [0.25, 0.3) is 0 Å². The van der Waals surface area contributed by atoms with Gasteiger partial charge in [-0.05, 0) is 46.0 Å². The second kappa shape index (κ2) is 5.50. The average molecular weight is 247 g/mol. The highest BCUT2D eigenvalue weighted by Crippen LogP contribution is 2.22. The molecule has 1 fully saturated rings. The first kappa shape index (κ1) is 14.0. The largest absolute Gasteiger partial charge is 0.311 e. The highest BCUT2D eigenvalue weighted by Gasteiger charge is 2.26. The van der Waals surface area contributed by atoms with Crippen LogP contribution in [0.5, 0.6) is 0 Å². The predicted octanol–water partition coefficient (Wildman–Crippen LogP) is 1.98. The van der Waals surface area contributed by atoms with Gasteiger partial charge in [-0.3, -0.25) is 0 Å². The van der Waals surface area contributed by atoms with Crippen molar-refractivity contribution in [1.29, 1.82) is 0 Å². The Morgan fingerprint density at radius 3 is 2.19 bits per heavy atom. The Morgan fingerprint density at radius 2 is 1.75 bits per heavy atom. The third-order valence-electron chi connectivity index (χ3n) is 3.51. The van der Waals surface area contributed by atoms with Crippen LogP contribution in [-0.2, 0) is 9.84 Å². The molecule has 0 heterocycles. The molecule has 2 unspecified atom stereocenters. The monoisotopic (exact) mass is 247 g/mol. The van der Waals surface area contributed by atoms with Gasteiger partial charge in [0.05, 0.1) is 11.0 Å². The number of nitrogens with one attached hydrogen (secondary N) is 1. The lowest BCUT2D eigenvalue weighted by atomic mass is 10.0. The van der Waals surface area contributed by atoms with Crippen LogP contribution in [-0.4, -0.2) is 31.5 Å². The quantitative estimate of drug-likeness (QED) is 0.748. The zero-order valence-corrected chi connectivity index (χ0v) is 11.7. The van der Waals surface area contributed by atoms with E-state index in [1.807, 2.05) is 0 Å². The van der Waals surface area contributed by atoms with Crippen molar-refractivity contribution in [3.63, 3.8) is 0 Å². The zero-order valence-electron chi connectivity index (χ0n) is 10.9. The van der Waals surface area contributed by atoms with Gasteiger partial charge in [0.2, 0.25) is 0 Å². The van der Waals surface area contributed by atoms with Crippen molar-refractivity contribution < 1.29 is 8.42 Å². The van der Waals surface area contributed by atoms with Crippen molar-refractivity contribution in [3.8, 4) is 0 Å². The van der Waals surface area contributed by atoms with Crippen LogP contribution >= 0.6 is 0 Å². The minimum atomic E-state index is -2.87. The fourth-order valence-electron chi connectivity index (χ4n) is 1.62. The molecule has 1 N–H and O–H groups in total. The summed E-state index contributed by atoms with van der Waals surface area (Å²) in [7, 11) is -2.87. The maximum atomic E-state index is 11.7. The molecule has 0 radical (unpaired) electrons. The second-order valence-electron chi connectivity index (χ2n) is 5.41. The lowest BCUT2D eigenvalue weighted by molar-refractivity contribution is 0.388. The molecule has 0 aliphatic heterocycles. The van der Waals surface area contributed by atoms with Crippen LogP contribution in [0.15, 0.2) is 0 Å². The Bertz CT molecular complexity index is 307. The van der Waals surface area contributed by atoms with E-state index in [9.17, 15) is 8.42 Å². The molecule has 1 rings (SSSR count). The van der Waals surface area contributed by atoms with Crippen molar-refractivity contribution in [3.05, 3.63) is 0 Å². The molecule has 1 aliphatic carbocycles. The minimum Gasteiger partial charge on any atom is -0.311 e. The number of sulfone groups is 1. The number of hydrogen-bond donors (Lipinski definition) is 1. The van der Waals surface area contributed by atoms with Gasteiger partial charge >= 0.3 is 0 Å². The van der Waals surface area contributed by atoms with Crippen LogP contribution < -0.4 is 5.32 Å². The lowest BCUT2D eigenvalue weighted by Gasteiger charge is -2.21. The van der Waals surface area contributed by atoms with Crippen LogP contribution in [0.4, 0.5) is 0 Å². The number of rotatable bonds is 7. The van der Waals surface area contributed by atoms with E-state index in [1.54, 1.807) is 13.8 Å². The van der Waals surface area contributed by atoms with E-state index in [2.05, 4.69) is 19.2 Å². The van der Waals surface area contributed by atoms with E-state index in [0.29, 0.717) is 23.8 Å². The first-order valence-corrected chi connectivity index (χ1v) is 8.02. The Morgan fingerprint density at radius 1 is 1.19 bits per heavy atom. The highest BCUT2D eigenvalue weighted by atomic mass is 32.2. The standard InChI is InChI=1S/C12H25NO2S/c1-9(2)16(14,15)8-7-10(3)11(4)13-12-5-6-12/h9-13H,5-8H2,1-4H3. The summed E-state index contributed by atoms with van der Waals surface area (Å²) < 4.78 is 23.3. The third kappa shape index (κ3) is 4.42. The summed E-state index contributed by atoms with van der Waals surface area (Å²) in [6.45, 7) is 7.80. The van der Waals surface area contributed by atoms with Gasteiger partial charge in [-0.25, -0.2) is 8.42 Å². The summed E-state index contributed by atoms with van der Waals surface area (Å²) in [6, 6.07) is 1.12. The van der Waals surface area contributed by atoms with Gasteiger partial charge in [-0.1, -0.05) is 6.92 Å². The molecular weight excluding hydrogens is 222 g/mol. The minimum absolute atomic E-state index is 0.244. The maximum Gasteiger partial charge on any atom is 0.152 e. The SMILES string of the molecule is CC(CCS(=O)(=O)C(C)C)C(C)NC1CC1. The fourth-order valence-corrected chi connectivity index (χ4v) is 2.79. The molecule has 0 saturated heterocycles. The Kier molecular flexibility index (Phi) is 4.80. The van der Waals surface area contributed by atoms with Crippen molar-refractivity contribution >= 4 is 9.84 Å². The second-order valence-corrected chi connectivity index (χ2v) is 8.09. The molecule has 3 nitrogen and oxygen atoms in total. The van der Waals surface area contributed by atoms with Crippen molar-refractivity contribution in [1.82, 2.24) is 5.32 Å². The first-order valence-electron chi connectivity index (χ1n) is 6.30. The lowest BCUT2D eigenvalue weighted by Crippen LogP contribution is -2.35. The topological polar surface area (TPSA) is 46.2 Å². The third-order valence-corrected chi connectivity index (χ3v) is 5.75. The molecule has 0 aromatic heterocycles. The summed E-state index contributed by atoms with van der Waals surface area (Å²) in [6.07, 6.45) is 3.32. The maximum absolute atomic E-state index is 11.7. The van der Waals surface area contributed by atoms with Gasteiger partial charge in [0.15, 0.2) is 9.84 Å². The highest BCUT2D eigenvalue weighted by molar-refractivity contribution is 7.91. The van der Waals surface area contributed by atoms with Gasteiger partial charge in [0, 0.05) is 12.1 Å². The van der Waals surface area contributed by atoms with E-state index >= 15 is 0 Å². The average Bonchev–Trinajstić information content (AvgIpc) is 2.97. The van der Waals surface area contributed by atoms with Gasteiger partial charge in [0.25, 0.3) is 0 Å². The van der Waals surface area contributed by atoms with E-state index in [-0.39, 0.29) is 5.25 Å². The van der Waals surface area contributed by atoms with Gasteiger partial charge < -0.3 is 5.32 Å². The van der Waals surface area contributed by atoms with E-state index < -0.39 is 9.84 Å². The Hall–Kier alpha value is -0.0900. The van der Waals surface area contributed by atoms with Gasteiger partial charge in [0.1, 0.15) is 0 Å². The molecule has 0 amide bonds. The predicted molar refractivity (Wildman–Crippen MR) is 68.3 cm³/mol. The van der Waals surface area contributed by atoms with Gasteiger partial charge in [-0.2, -0.15) is 0 Å². The Labute approximate surface area is 99.9 Å². The summed E-state index contributed by atoms with van der Waals surface area (Å²) >= 11 is 0. The molecule has 0 aromatic rings. The van der Waals surface area contributed by atoms with E-state index in [1.165, 1.54) is 12.8 Å². The normalized spacial score (nSPS) is 21.1. The molecule has 4 heteroatoms. The molecule has 0 spiro atoms. The molecule has 96 valence electrons. The molecule has 0 bridgehead atoms. The number of hydrogen-bond acceptors (Lipinski definition) is 3. The molecular formula is C12H25NO2S. The van der Waals surface area contributed by atoms with Crippen molar-refractivity contribution in [2.45, 2.75) is 64.3 Å². The van der Waals surface area contributed by atoms with Crippen LogP contribution in [0.2, 0.25) is 0 Å². The van der Waals surface area contributed by atoms with E-state index in [0.717, 1.165) is 6.42 Å². The Balaban J connectivity index is 2.30. The summed E-state index contributed by atoms with van der Waals surface area (Å²) in [5.41, 5.74) is 0. The smallest absolute Gasteiger partial charge is 0.152 e. The van der Waals surface area contributed by atoms with Crippen LogP contribution in [0.3, 0.4) is 0 Å². The molecule has 1 saturated carbocycles. The summed E-state index contributed by atoms with van der Waals surface area (Å²) in [5.74, 6) is 0.747. The van der Waals surface area contributed by atoms with Crippen LogP contribution in [0.1, 0.15) is 47.0 Å². The van der Waals surface area contributed by atoms with Crippen molar-refractivity contribution in [2.75, 3.05) is 5.75 Å². The molecule has 1 aliphatic rings.